The van der Waals surface area contributed by atoms with Crippen LogP contribution in [0.25, 0.3) is 0 Å². The van der Waals surface area contributed by atoms with Gasteiger partial charge in [-0.05, 0) is 38.0 Å². The zero-order valence-corrected chi connectivity index (χ0v) is 11.4. The third-order valence-electron chi connectivity index (χ3n) is 3.85. The molecule has 5 nitrogen and oxygen atoms in total. The lowest BCUT2D eigenvalue weighted by Crippen LogP contribution is -2.48. The predicted molar refractivity (Wildman–Crippen MR) is 69.9 cm³/mol. The van der Waals surface area contributed by atoms with Crippen LogP contribution >= 0.6 is 0 Å². The molecule has 2 N–H and O–H groups in total. The molecule has 0 spiro atoms. The Morgan fingerprint density at radius 1 is 1.37 bits per heavy atom. The fourth-order valence-corrected chi connectivity index (χ4v) is 2.60. The fourth-order valence-electron chi connectivity index (χ4n) is 2.60. The minimum absolute atomic E-state index is 0.0593. The van der Waals surface area contributed by atoms with Crippen LogP contribution in [0.3, 0.4) is 0 Å². The molecule has 0 heterocycles. The molecule has 0 aromatic rings. The molecule has 0 unspecified atom stereocenters. The van der Waals surface area contributed by atoms with Gasteiger partial charge in [0.15, 0.2) is 0 Å². The molecule has 2 aliphatic rings. The largest absolute Gasteiger partial charge is 0.355 e. The average molecular weight is 263 g/mol. The topological polar surface area (TPSA) is 82.0 Å². The van der Waals surface area contributed by atoms with Crippen molar-refractivity contribution >= 4 is 11.8 Å². The quantitative estimate of drug-likeness (QED) is 0.704. The number of carbonyl (C=O) groups is 2. The van der Waals surface area contributed by atoms with E-state index in [9.17, 15) is 9.59 Å². The summed E-state index contributed by atoms with van der Waals surface area (Å²) in [6.45, 7) is 2.51. The smallest absolute Gasteiger partial charge is 0.240 e. The van der Waals surface area contributed by atoms with Gasteiger partial charge in [-0.1, -0.05) is 6.92 Å². The van der Waals surface area contributed by atoms with Gasteiger partial charge < -0.3 is 10.6 Å². The molecule has 5 heteroatoms. The maximum atomic E-state index is 11.9. The second-order valence-corrected chi connectivity index (χ2v) is 5.91. The lowest BCUT2D eigenvalue weighted by Gasteiger charge is -2.39. The summed E-state index contributed by atoms with van der Waals surface area (Å²) in [6.07, 6.45) is 4.54. The third kappa shape index (κ3) is 3.46. The van der Waals surface area contributed by atoms with Gasteiger partial charge in [-0.2, -0.15) is 5.26 Å². The van der Waals surface area contributed by atoms with Crippen molar-refractivity contribution in [2.75, 3.05) is 6.54 Å². The van der Waals surface area contributed by atoms with E-state index in [1.165, 1.54) is 0 Å². The van der Waals surface area contributed by atoms with Gasteiger partial charge in [-0.15, -0.1) is 0 Å². The van der Waals surface area contributed by atoms with Gasteiger partial charge in [-0.25, -0.2) is 0 Å². The van der Waals surface area contributed by atoms with E-state index in [-0.39, 0.29) is 11.8 Å². The van der Waals surface area contributed by atoms with Crippen molar-refractivity contribution in [2.24, 2.45) is 11.3 Å². The maximum absolute atomic E-state index is 11.9. The second-order valence-electron chi connectivity index (χ2n) is 5.91. The normalized spacial score (nSPS) is 28.9. The van der Waals surface area contributed by atoms with Gasteiger partial charge in [-0.3, -0.25) is 9.59 Å². The first kappa shape index (κ1) is 13.9. The SMILES string of the molecule is CC1CC(C#N)(C(=O)NCCCC(=O)NC2CC2)C1. The van der Waals surface area contributed by atoms with E-state index in [1.54, 1.807) is 0 Å². The summed E-state index contributed by atoms with van der Waals surface area (Å²) >= 11 is 0. The monoisotopic (exact) mass is 263 g/mol. The van der Waals surface area contributed by atoms with Gasteiger partial charge in [0.2, 0.25) is 11.8 Å². The highest BCUT2D eigenvalue weighted by Gasteiger charge is 2.48. The Morgan fingerprint density at radius 3 is 2.58 bits per heavy atom. The number of nitrogens with zero attached hydrogens (tertiary/aromatic N) is 1. The van der Waals surface area contributed by atoms with Gasteiger partial charge in [0.25, 0.3) is 0 Å². The highest BCUT2D eigenvalue weighted by atomic mass is 16.2. The minimum atomic E-state index is -0.810. The number of nitrogens with one attached hydrogen (secondary N) is 2. The number of rotatable bonds is 6. The summed E-state index contributed by atoms with van der Waals surface area (Å²) in [6, 6.07) is 2.53. The molecular formula is C14H21N3O2. The maximum Gasteiger partial charge on any atom is 0.240 e. The first-order chi connectivity index (χ1) is 9.05. The van der Waals surface area contributed by atoms with Crippen LogP contribution in [0.15, 0.2) is 0 Å². The van der Waals surface area contributed by atoms with E-state index >= 15 is 0 Å². The fraction of sp³-hybridized carbons (Fsp3) is 0.786. The van der Waals surface area contributed by atoms with Crippen molar-refractivity contribution in [2.45, 2.75) is 51.5 Å². The molecule has 0 saturated heterocycles. The van der Waals surface area contributed by atoms with Crippen molar-refractivity contribution in [1.82, 2.24) is 10.6 Å². The van der Waals surface area contributed by atoms with Crippen LogP contribution in [0.4, 0.5) is 0 Å². The van der Waals surface area contributed by atoms with Crippen LogP contribution < -0.4 is 10.6 Å². The van der Waals surface area contributed by atoms with Crippen LogP contribution in [0.5, 0.6) is 0 Å². The van der Waals surface area contributed by atoms with E-state index in [0.29, 0.717) is 44.2 Å². The highest BCUT2D eigenvalue weighted by molar-refractivity contribution is 5.86. The molecule has 0 aliphatic heterocycles. The number of carbonyl (C=O) groups excluding carboxylic acids is 2. The van der Waals surface area contributed by atoms with Crippen molar-refractivity contribution in [3.05, 3.63) is 0 Å². The Balaban J connectivity index is 1.61. The zero-order valence-electron chi connectivity index (χ0n) is 11.4. The van der Waals surface area contributed by atoms with E-state index in [0.717, 1.165) is 12.8 Å². The molecule has 0 aromatic heterocycles. The van der Waals surface area contributed by atoms with Crippen molar-refractivity contribution in [3.63, 3.8) is 0 Å². The Hall–Kier alpha value is -1.57. The summed E-state index contributed by atoms with van der Waals surface area (Å²) in [5.41, 5.74) is -0.810. The molecule has 2 amide bonds. The Morgan fingerprint density at radius 2 is 2.05 bits per heavy atom. The molecule has 0 bridgehead atoms. The molecule has 2 fully saturated rings. The van der Waals surface area contributed by atoms with E-state index in [1.807, 2.05) is 6.92 Å². The van der Waals surface area contributed by atoms with Crippen molar-refractivity contribution < 1.29 is 9.59 Å². The summed E-state index contributed by atoms with van der Waals surface area (Å²) < 4.78 is 0. The van der Waals surface area contributed by atoms with Gasteiger partial charge >= 0.3 is 0 Å². The molecule has 104 valence electrons. The molecule has 2 rings (SSSR count). The van der Waals surface area contributed by atoms with Crippen LogP contribution in [0.2, 0.25) is 0 Å². The molecule has 2 aliphatic carbocycles. The number of nitriles is 1. The number of amides is 2. The Kier molecular flexibility index (Phi) is 4.08. The first-order valence-electron chi connectivity index (χ1n) is 7.05. The number of hydrogen-bond donors (Lipinski definition) is 2. The van der Waals surface area contributed by atoms with Crippen LogP contribution in [-0.4, -0.2) is 24.4 Å². The third-order valence-corrected chi connectivity index (χ3v) is 3.85. The van der Waals surface area contributed by atoms with Gasteiger partial charge in [0.05, 0.1) is 6.07 Å². The predicted octanol–water partition coefficient (Wildman–Crippen LogP) is 1.10. The number of hydrogen-bond acceptors (Lipinski definition) is 3. The summed E-state index contributed by atoms with van der Waals surface area (Å²) in [5, 5.41) is 14.8. The van der Waals surface area contributed by atoms with E-state index < -0.39 is 5.41 Å². The highest BCUT2D eigenvalue weighted by Crippen LogP contribution is 2.44. The minimum Gasteiger partial charge on any atom is -0.355 e. The Labute approximate surface area is 113 Å². The summed E-state index contributed by atoms with van der Waals surface area (Å²) in [4.78, 5) is 23.3. The standard InChI is InChI=1S/C14H21N3O2/c1-10-7-14(8-10,9-15)13(19)16-6-2-3-12(18)17-11-4-5-11/h10-11H,2-8H2,1H3,(H,16,19)(H,17,18). The van der Waals surface area contributed by atoms with Crippen LogP contribution in [0.1, 0.15) is 45.4 Å². The molecule has 0 aromatic carbocycles. The van der Waals surface area contributed by atoms with Gasteiger partial charge in [0.1, 0.15) is 5.41 Å². The van der Waals surface area contributed by atoms with Crippen LogP contribution in [-0.2, 0) is 9.59 Å². The molecular weight excluding hydrogens is 242 g/mol. The molecule has 0 radical (unpaired) electrons. The molecule has 19 heavy (non-hydrogen) atoms. The lowest BCUT2D eigenvalue weighted by atomic mass is 9.63. The summed E-state index contributed by atoms with van der Waals surface area (Å²) in [7, 11) is 0. The van der Waals surface area contributed by atoms with Crippen LogP contribution in [0, 0.1) is 22.7 Å². The van der Waals surface area contributed by atoms with E-state index in [4.69, 9.17) is 5.26 Å². The lowest BCUT2D eigenvalue weighted by molar-refractivity contribution is -0.134. The van der Waals surface area contributed by atoms with Crippen molar-refractivity contribution in [1.29, 1.82) is 5.26 Å². The average Bonchev–Trinajstić information content (AvgIpc) is 3.13. The van der Waals surface area contributed by atoms with Crippen molar-refractivity contribution in [3.8, 4) is 6.07 Å². The summed E-state index contributed by atoms with van der Waals surface area (Å²) in [5.74, 6) is 0.342. The van der Waals surface area contributed by atoms with E-state index in [2.05, 4.69) is 16.7 Å². The molecule has 0 atom stereocenters. The van der Waals surface area contributed by atoms with Gasteiger partial charge in [0, 0.05) is 19.0 Å². The Bertz CT molecular complexity index is 403. The first-order valence-corrected chi connectivity index (χ1v) is 7.05. The molecule has 2 saturated carbocycles. The second kappa shape index (κ2) is 5.60. The zero-order chi connectivity index (χ0) is 13.9.